The summed E-state index contributed by atoms with van der Waals surface area (Å²) >= 11 is 1.74. The van der Waals surface area contributed by atoms with Crippen LogP contribution in [0.25, 0.3) is 11.3 Å². The predicted octanol–water partition coefficient (Wildman–Crippen LogP) is 3.58. The SMILES string of the molecule is CC(C)C(CN)Cc1nc(-c2ccccc2)cs1. The van der Waals surface area contributed by atoms with Crippen LogP contribution in [0, 0.1) is 11.8 Å². The highest BCUT2D eigenvalue weighted by molar-refractivity contribution is 7.09. The Hall–Kier alpha value is -1.19. The zero-order valence-electron chi connectivity index (χ0n) is 11.0. The minimum absolute atomic E-state index is 0.528. The maximum Gasteiger partial charge on any atom is 0.0935 e. The van der Waals surface area contributed by atoms with Crippen LogP contribution in [0.2, 0.25) is 0 Å². The van der Waals surface area contributed by atoms with Gasteiger partial charge in [-0.1, -0.05) is 44.2 Å². The molecule has 0 bridgehead atoms. The maximum atomic E-state index is 5.82. The molecule has 0 fully saturated rings. The maximum absolute atomic E-state index is 5.82. The van der Waals surface area contributed by atoms with Gasteiger partial charge in [0.05, 0.1) is 10.7 Å². The molecule has 0 aliphatic heterocycles. The average molecular weight is 260 g/mol. The minimum atomic E-state index is 0.528. The number of hydrogen-bond donors (Lipinski definition) is 1. The van der Waals surface area contributed by atoms with E-state index >= 15 is 0 Å². The summed E-state index contributed by atoms with van der Waals surface area (Å²) in [6.07, 6.45) is 0.992. The van der Waals surface area contributed by atoms with Gasteiger partial charge in [0.1, 0.15) is 0 Å². The van der Waals surface area contributed by atoms with Crippen molar-refractivity contribution in [2.24, 2.45) is 17.6 Å². The fourth-order valence-corrected chi connectivity index (χ4v) is 2.86. The number of rotatable bonds is 5. The first kappa shape index (κ1) is 13.2. The molecule has 1 aromatic carbocycles. The third-order valence-electron chi connectivity index (χ3n) is 3.30. The van der Waals surface area contributed by atoms with E-state index in [1.165, 1.54) is 10.6 Å². The Morgan fingerprint density at radius 2 is 1.94 bits per heavy atom. The summed E-state index contributed by atoms with van der Waals surface area (Å²) < 4.78 is 0. The molecule has 96 valence electrons. The molecule has 0 amide bonds. The topological polar surface area (TPSA) is 38.9 Å². The number of hydrogen-bond acceptors (Lipinski definition) is 3. The first-order valence-corrected chi connectivity index (χ1v) is 7.28. The van der Waals surface area contributed by atoms with Crippen molar-refractivity contribution in [3.05, 3.63) is 40.7 Å². The predicted molar refractivity (Wildman–Crippen MR) is 78.6 cm³/mol. The van der Waals surface area contributed by atoms with Crippen LogP contribution in [0.15, 0.2) is 35.7 Å². The Balaban J connectivity index is 2.11. The van der Waals surface area contributed by atoms with Crippen LogP contribution in [0.5, 0.6) is 0 Å². The van der Waals surface area contributed by atoms with Crippen LogP contribution in [0.1, 0.15) is 18.9 Å². The monoisotopic (exact) mass is 260 g/mol. The molecule has 1 unspecified atom stereocenters. The molecule has 1 aromatic heterocycles. The Morgan fingerprint density at radius 3 is 2.56 bits per heavy atom. The summed E-state index contributed by atoms with van der Waals surface area (Å²) in [5.41, 5.74) is 8.08. The van der Waals surface area contributed by atoms with Crippen LogP contribution in [-0.4, -0.2) is 11.5 Å². The highest BCUT2D eigenvalue weighted by atomic mass is 32.1. The highest BCUT2D eigenvalue weighted by Gasteiger charge is 2.14. The Morgan fingerprint density at radius 1 is 1.22 bits per heavy atom. The quantitative estimate of drug-likeness (QED) is 0.892. The largest absolute Gasteiger partial charge is 0.330 e. The third kappa shape index (κ3) is 3.18. The Labute approximate surface area is 113 Å². The Bertz CT molecular complexity index is 476. The number of nitrogens with two attached hydrogens (primary N) is 1. The van der Waals surface area contributed by atoms with E-state index in [9.17, 15) is 0 Å². The van der Waals surface area contributed by atoms with Crippen LogP contribution in [0.3, 0.4) is 0 Å². The highest BCUT2D eigenvalue weighted by Crippen LogP contribution is 2.24. The van der Waals surface area contributed by atoms with E-state index in [0.29, 0.717) is 11.8 Å². The van der Waals surface area contributed by atoms with E-state index in [0.717, 1.165) is 18.7 Å². The second kappa shape index (κ2) is 6.12. The molecule has 3 heteroatoms. The lowest BCUT2D eigenvalue weighted by Crippen LogP contribution is -2.22. The van der Waals surface area contributed by atoms with Gasteiger partial charge in [0.15, 0.2) is 0 Å². The number of aromatic nitrogens is 1. The molecule has 2 N–H and O–H groups in total. The lowest BCUT2D eigenvalue weighted by Gasteiger charge is -2.16. The molecule has 2 rings (SSSR count). The molecule has 0 saturated carbocycles. The van der Waals surface area contributed by atoms with Crippen LogP contribution in [0.4, 0.5) is 0 Å². The molecular weight excluding hydrogens is 240 g/mol. The van der Waals surface area contributed by atoms with E-state index in [1.807, 2.05) is 18.2 Å². The number of thiazole rings is 1. The fraction of sp³-hybridized carbons (Fsp3) is 0.400. The third-order valence-corrected chi connectivity index (χ3v) is 4.17. The van der Waals surface area contributed by atoms with E-state index in [4.69, 9.17) is 10.7 Å². The molecule has 0 aliphatic carbocycles. The van der Waals surface area contributed by atoms with Gasteiger partial charge in [-0.15, -0.1) is 11.3 Å². The number of nitrogens with zero attached hydrogens (tertiary/aromatic N) is 1. The van der Waals surface area contributed by atoms with Crippen molar-refractivity contribution >= 4 is 11.3 Å². The van der Waals surface area contributed by atoms with Crippen molar-refractivity contribution in [2.45, 2.75) is 20.3 Å². The molecule has 0 saturated heterocycles. The standard InChI is InChI=1S/C15H20N2S/c1-11(2)13(9-16)8-15-17-14(10-18-15)12-6-4-3-5-7-12/h3-7,10-11,13H,8-9,16H2,1-2H3. The molecule has 0 spiro atoms. The van der Waals surface area contributed by atoms with Gasteiger partial charge in [0.25, 0.3) is 0 Å². The molecule has 0 aliphatic rings. The van der Waals surface area contributed by atoms with Crippen molar-refractivity contribution in [2.75, 3.05) is 6.54 Å². The normalized spacial score (nSPS) is 12.9. The van der Waals surface area contributed by atoms with E-state index < -0.39 is 0 Å². The molecule has 2 nitrogen and oxygen atoms in total. The summed E-state index contributed by atoms with van der Waals surface area (Å²) in [7, 11) is 0. The summed E-state index contributed by atoms with van der Waals surface area (Å²) in [6, 6.07) is 10.3. The van der Waals surface area contributed by atoms with Gasteiger partial charge in [0.2, 0.25) is 0 Å². The van der Waals surface area contributed by atoms with Crippen molar-refractivity contribution in [3.8, 4) is 11.3 Å². The average Bonchev–Trinajstić information content (AvgIpc) is 2.85. The Kier molecular flexibility index (Phi) is 4.50. The van der Waals surface area contributed by atoms with Gasteiger partial charge in [0, 0.05) is 17.4 Å². The molecule has 2 aromatic rings. The summed E-state index contributed by atoms with van der Waals surface area (Å²) in [4.78, 5) is 4.71. The molecule has 18 heavy (non-hydrogen) atoms. The van der Waals surface area contributed by atoms with Crippen LogP contribution >= 0.6 is 11.3 Å². The summed E-state index contributed by atoms with van der Waals surface area (Å²) in [6.45, 7) is 5.18. The lowest BCUT2D eigenvalue weighted by molar-refractivity contribution is 0.391. The number of benzene rings is 1. The smallest absolute Gasteiger partial charge is 0.0935 e. The van der Waals surface area contributed by atoms with Gasteiger partial charge in [-0.3, -0.25) is 0 Å². The van der Waals surface area contributed by atoms with Gasteiger partial charge in [-0.05, 0) is 18.4 Å². The molecule has 1 atom stereocenters. The first-order valence-electron chi connectivity index (χ1n) is 6.40. The van der Waals surface area contributed by atoms with E-state index in [2.05, 4.69) is 31.4 Å². The van der Waals surface area contributed by atoms with Gasteiger partial charge in [-0.25, -0.2) is 4.98 Å². The first-order chi connectivity index (χ1) is 8.70. The zero-order chi connectivity index (χ0) is 13.0. The molecular formula is C15H20N2S. The van der Waals surface area contributed by atoms with Crippen LogP contribution in [-0.2, 0) is 6.42 Å². The van der Waals surface area contributed by atoms with Crippen molar-refractivity contribution < 1.29 is 0 Å². The van der Waals surface area contributed by atoms with Crippen LogP contribution < -0.4 is 5.73 Å². The summed E-state index contributed by atoms with van der Waals surface area (Å²) in [5.74, 6) is 1.14. The van der Waals surface area contributed by atoms with Gasteiger partial charge in [-0.2, -0.15) is 0 Å². The summed E-state index contributed by atoms with van der Waals surface area (Å²) in [5, 5.41) is 3.33. The zero-order valence-corrected chi connectivity index (χ0v) is 11.8. The lowest BCUT2D eigenvalue weighted by atomic mass is 9.93. The van der Waals surface area contributed by atoms with Gasteiger partial charge >= 0.3 is 0 Å². The van der Waals surface area contributed by atoms with E-state index in [1.54, 1.807) is 11.3 Å². The second-order valence-electron chi connectivity index (χ2n) is 4.94. The van der Waals surface area contributed by atoms with E-state index in [-0.39, 0.29) is 0 Å². The molecule has 0 radical (unpaired) electrons. The molecule has 1 heterocycles. The van der Waals surface area contributed by atoms with Gasteiger partial charge < -0.3 is 5.73 Å². The fourth-order valence-electron chi connectivity index (χ4n) is 1.96. The van der Waals surface area contributed by atoms with Crippen molar-refractivity contribution in [3.63, 3.8) is 0 Å². The second-order valence-corrected chi connectivity index (χ2v) is 5.88. The van der Waals surface area contributed by atoms with Crippen molar-refractivity contribution in [1.82, 2.24) is 4.98 Å². The minimum Gasteiger partial charge on any atom is -0.330 e. The van der Waals surface area contributed by atoms with Crippen molar-refractivity contribution in [1.29, 1.82) is 0 Å².